The van der Waals surface area contributed by atoms with Gasteiger partial charge in [-0.25, -0.2) is 4.79 Å². The van der Waals surface area contributed by atoms with Gasteiger partial charge in [-0.15, -0.1) is 13.1 Å². The molecule has 40 heavy (non-hydrogen) atoms. The number of likely N-dealkylation sites (tertiary alicyclic amines) is 1. The molecule has 3 fully saturated rings. The standard InChI is InChI=1S/C16H23N5O2.C8H16N3O.2C2H6.Y/c17-15-12-8-20(9-13(12)15)7-10-1-3-11(4-2-10)21-6-5-14(19-23)18-16(21)22;1-8(2,9)7(12)11-5-3-10-4-6-11;2*1-2;/h3,5-6,10,12-13,15,23H,1-2,4,7-9,17H2,(H,18,19,22);3-6,9H2,1-2H3;2*1-2H3;/q;-1;;;. The van der Waals surface area contributed by atoms with Crippen molar-refractivity contribution >= 4 is 17.4 Å². The molecule has 1 aromatic rings. The zero-order valence-corrected chi connectivity index (χ0v) is 28.2. The Bertz CT molecular complexity index is 979. The number of fused-ring (bicyclic) bond motifs is 1. The van der Waals surface area contributed by atoms with Crippen molar-refractivity contribution in [1.29, 1.82) is 0 Å². The molecule has 5 rings (SSSR count). The number of carbonyl (C=O) groups is 1. The molecule has 1 aromatic heterocycles. The topological polar surface area (TPSA) is 157 Å². The zero-order valence-electron chi connectivity index (χ0n) is 25.3. The van der Waals surface area contributed by atoms with E-state index in [4.69, 9.17) is 16.7 Å². The number of nitrogens with two attached hydrogens (primary N) is 2. The average molecular weight is 637 g/mol. The fourth-order valence-electron chi connectivity index (χ4n) is 5.33. The minimum Gasteiger partial charge on any atom is -0.659 e. The van der Waals surface area contributed by atoms with Crippen LogP contribution in [0.25, 0.3) is 11.0 Å². The molecule has 3 unspecified atom stereocenters. The van der Waals surface area contributed by atoms with E-state index in [0.29, 0.717) is 12.0 Å². The van der Waals surface area contributed by atoms with E-state index < -0.39 is 5.54 Å². The molecule has 11 nitrogen and oxygen atoms in total. The molecule has 225 valence electrons. The molecule has 1 saturated carbocycles. The summed E-state index contributed by atoms with van der Waals surface area (Å²) in [5, 5.41) is 12.9. The van der Waals surface area contributed by atoms with Crippen molar-refractivity contribution in [2.45, 2.75) is 72.4 Å². The number of rotatable bonds is 5. The number of nitrogens with zero attached hydrogens (tertiary/aromatic N) is 5. The summed E-state index contributed by atoms with van der Waals surface area (Å²) in [5.74, 6) is 2.35. The van der Waals surface area contributed by atoms with Crippen LogP contribution in [0.3, 0.4) is 0 Å². The van der Waals surface area contributed by atoms with Crippen molar-refractivity contribution in [1.82, 2.24) is 19.4 Å². The van der Waals surface area contributed by atoms with Gasteiger partial charge in [-0.1, -0.05) is 33.8 Å². The van der Waals surface area contributed by atoms with Gasteiger partial charge in [-0.3, -0.25) is 20.0 Å². The van der Waals surface area contributed by atoms with Crippen LogP contribution < -0.4 is 22.6 Å². The van der Waals surface area contributed by atoms with Crippen molar-refractivity contribution in [3.63, 3.8) is 0 Å². The maximum Gasteiger partial charge on any atom is 0.353 e. The maximum atomic E-state index is 12.0. The molecule has 3 atom stereocenters. The van der Waals surface area contributed by atoms with Crippen LogP contribution >= 0.6 is 0 Å². The number of hydrogen-bond donors (Lipinski definition) is 4. The van der Waals surface area contributed by atoms with Gasteiger partial charge in [0.1, 0.15) is 0 Å². The maximum absolute atomic E-state index is 12.0. The van der Waals surface area contributed by atoms with E-state index in [9.17, 15) is 9.59 Å². The van der Waals surface area contributed by atoms with Gasteiger partial charge in [-0.2, -0.15) is 4.98 Å². The van der Waals surface area contributed by atoms with Gasteiger partial charge >= 0.3 is 5.69 Å². The first-order valence-electron chi connectivity index (χ1n) is 14.6. The Balaban J connectivity index is 0.000000402. The predicted molar refractivity (Wildman–Crippen MR) is 158 cm³/mol. The number of anilines is 1. The van der Waals surface area contributed by atoms with E-state index >= 15 is 0 Å². The number of aromatic nitrogens is 2. The molecule has 3 heterocycles. The molecule has 0 spiro atoms. The van der Waals surface area contributed by atoms with Gasteiger partial charge in [0.25, 0.3) is 0 Å². The normalized spacial score (nSPS) is 25.2. The fraction of sp³-hybridized carbons (Fsp3) is 0.750. The summed E-state index contributed by atoms with van der Waals surface area (Å²) in [5.41, 5.74) is 13.5. The summed E-state index contributed by atoms with van der Waals surface area (Å²) in [7, 11) is 0. The summed E-state index contributed by atoms with van der Waals surface area (Å²) < 4.78 is 1.57. The van der Waals surface area contributed by atoms with E-state index in [1.54, 1.807) is 35.6 Å². The average Bonchev–Trinajstić information content (AvgIpc) is 3.34. The number of amides is 1. The predicted octanol–water partition coefficient (Wildman–Crippen LogP) is 2.56. The molecular formula is C28H51N8O3Y-. The van der Waals surface area contributed by atoms with Gasteiger partial charge < -0.3 is 26.6 Å². The number of piperidine rings is 1. The Hall–Kier alpha value is -1.21. The van der Waals surface area contributed by atoms with Crippen molar-refractivity contribution in [3.8, 4) is 0 Å². The monoisotopic (exact) mass is 636 g/mol. The second kappa shape index (κ2) is 17.7. The summed E-state index contributed by atoms with van der Waals surface area (Å²) in [6, 6.07) is 2.05. The summed E-state index contributed by atoms with van der Waals surface area (Å²) in [4.78, 5) is 31.7. The van der Waals surface area contributed by atoms with Crippen LogP contribution in [0.4, 0.5) is 5.82 Å². The van der Waals surface area contributed by atoms with E-state index in [1.807, 2.05) is 33.2 Å². The van der Waals surface area contributed by atoms with Crippen LogP contribution in [0.2, 0.25) is 0 Å². The first kappa shape index (κ1) is 36.8. The molecule has 0 aromatic carbocycles. The van der Waals surface area contributed by atoms with Crippen LogP contribution in [0.15, 0.2) is 23.1 Å². The number of allylic oxidation sites excluding steroid dienone is 2. The molecule has 4 aliphatic rings. The molecular weight excluding hydrogens is 585 g/mol. The van der Waals surface area contributed by atoms with Crippen LogP contribution in [0, 0.1) is 17.8 Å². The van der Waals surface area contributed by atoms with E-state index in [-0.39, 0.29) is 50.1 Å². The molecule has 0 bridgehead atoms. The Morgan fingerprint density at radius 1 is 1.18 bits per heavy atom. The fourth-order valence-corrected chi connectivity index (χ4v) is 5.33. The van der Waals surface area contributed by atoms with Gasteiger partial charge in [-0.05, 0) is 56.9 Å². The van der Waals surface area contributed by atoms with Crippen molar-refractivity contribution in [3.05, 3.63) is 34.1 Å². The smallest absolute Gasteiger partial charge is 0.353 e. The van der Waals surface area contributed by atoms with Crippen molar-refractivity contribution in [2.24, 2.45) is 29.2 Å². The third-order valence-corrected chi connectivity index (χ3v) is 7.47. The molecule has 6 N–H and O–H groups in total. The van der Waals surface area contributed by atoms with E-state index in [2.05, 4.69) is 21.3 Å². The minimum atomic E-state index is -0.739. The number of hydrogen-bond acceptors (Lipinski definition) is 8. The Kier molecular flexibility index (Phi) is 16.3. The van der Waals surface area contributed by atoms with Gasteiger partial charge in [0.15, 0.2) is 5.82 Å². The van der Waals surface area contributed by atoms with Crippen LogP contribution in [0.1, 0.15) is 60.8 Å². The van der Waals surface area contributed by atoms with E-state index in [0.717, 1.165) is 82.6 Å². The second-order valence-corrected chi connectivity index (χ2v) is 10.7. The van der Waals surface area contributed by atoms with Gasteiger partial charge in [0.05, 0.1) is 5.54 Å². The van der Waals surface area contributed by atoms with Crippen molar-refractivity contribution < 1.29 is 42.7 Å². The molecule has 2 aliphatic carbocycles. The summed E-state index contributed by atoms with van der Waals surface area (Å²) >= 11 is 0. The minimum absolute atomic E-state index is 0. The summed E-state index contributed by atoms with van der Waals surface area (Å²) in [6.45, 7) is 17.9. The number of nitrogens with one attached hydrogen (secondary N) is 1. The van der Waals surface area contributed by atoms with Crippen LogP contribution in [-0.2, 0) is 37.5 Å². The first-order valence-corrected chi connectivity index (χ1v) is 14.6. The second-order valence-electron chi connectivity index (χ2n) is 10.7. The Morgan fingerprint density at radius 3 is 2.25 bits per heavy atom. The third kappa shape index (κ3) is 10.3. The SMILES string of the molecule is CC.CC.CC(C)(N)C(=O)N1CC[N-]CC1.NC1C2CN(CC3CC=C(n4ccc(NO)nc4=O)CC3)CC12.[Y]. The molecule has 1 amide bonds. The first-order chi connectivity index (χ1) is 18.7. The van der Waals surface area contributed by atoms with Crippen LogP contribution in [0.5, 0.6) is 0 Å². The Morgan fingerprint density at radius 2 is 1.77 bits per heavy atom. The van der Waals surface area contributed by atoms with Gasteiger partial charge in [0.2, 0.25) is 5.91 Å². The molecule has 2 aliphatic heterocycles. The molecule has 2 saturated heterocycles. The van der Waals surface area contributed by atoms with E-state index in [1.165, 1.54) is 0 Å². The van der Waals surface area contributed by atoms with Crippen LogP contribution in [-0.4, -0.2) is 87.9 Å². The largest absolute Gasteiger partial charge is 0.659 e. The van der Waals surface area contributed by atoms with Crippen molar-refractivity contribution in [2.75, 3.05) is 51.3 Å². The quantitative estimate of drug-likeness (QED) is 0.360. The summed E-state index contributed by atoms with van der Waals surface area (Å²) in [6.07, 6.45) is 6.80. The molecule has 1 radical (unpaired) electrons. The Labute approximate surface area is 265 Å². The van der Waals surface area contributed by atoms with Gasteiger partial charge in [0, 0.05) is 83.4 Å². The third-order valence-electron chi connectivity index (χ3n) is 7.47. The zero-order chi connectivity index (χ0) is 29.2. The molecule has 12 heteroatoms. The number of carbonyl (C=O) groups excluding carboxylic acids is 1. The number of piperazine rings is 1.